The summed E-state index contributed by atoms with van der Waals surface area (Å²) in [5.41, 5.74) is 3.62. The number of piperidine rings is 1. The van der Waals surface area contributed by atoms with E-state index in [1.165, 1.54) is 29.5 Å². The summed E-state index contributed by atoms with van der Waals surface area (Å²) in [5.74, 6) is 2.34. The van der Waals surface area contributed by atoms with E-state index in [4.69, 9.17) is 9.47 Å². The molecular formula is C36H37NO4. The summed E-state index contributed by atoms with van der Waals surface area (Å²) in [5, 5.41) is 13.3. The zero-order valence-corrected chi connectivity index (χ0v) is 23.5. The van der Waals surface area contributed by atoms with Crippen LogP contribution in [0, 0.1) is 11.3 Å². The third kappa shape index (κ3) is 3.28. The maximum absolute atomic E-state index is 14.8. The van der Waals surface area contributed by atoms with Crippen molar-refractivity contribution < 1.29 is 19.4 Å². The third-order valence-corrected chi connectivity index (χ3v) is 11.6. The number of Topliss-reactive ketones (excluding diaryl/α,β-unsaturated/α-hetero) is 1. The monoisotopic (exact) mass is 547 g/mol. The van der Waals surface area contributed by atoms with Gasteiger partial charge in [0.2, 0.25) is 0 Å². The first-order chi connectivity index (χ1) is 20.0. The van der Waals surface area contributed by atoms with Gasteiger partial charge < -0.3 is 14.6 Å². The van der Waals surface area contributed by atoms with Gasteiger partial charge in [-0.1, -0.05) is 60.7 Å². The molecule has 3 aromatic carbocycles. The summed E-state index contributed by atoms with van der Waals surface area (Å²) in [6.45, 7) is 2.39. The maximum Gasteiger partial charge on any atom is 0.180 e. The quantitative estimate of drug-likeness (QED) is 0.477. The Kier molecular flexibility index (Phi) is 5.04. The van der Waals surface area contributed by atoms with Crippen molar-refractivity contribution >= 4 is 5.78 Å². The lowest BCUT2D eigenvalue weighted by atomic mass is 9.43. The summed E-state index contributed by atoms with van der Waals surface area (Å²) in [6.07, 6.45) is 6.31. The molecule has 210 valence electrons. The molecule has 3 fully saturated rings. The van der Waals surface area contributed by atoms with Gasteiger partial charge in [-0.15, -0.1) is 0 Å². The number of nitrogens with zero attached hydrogens (tertiary/aromatic N) is 1. The molecule has 2 heterocycles. The molecule has 0 aromatic heterocycles. The fourth-order valence-corrected chi connectivity index (χ4v) is 9.52. The Hall–Kier alpha value is -3.15. The number of carbonyl (C=O) groups excluding carboxylic acids is 1. The summed E-state index contributed by atoms with van der Waals surface area (Å²) in [7, 11) is 0. The number of aliphatic hydroxyl groups is 1. The van der Waals surface area contributed by atoms with Crippen LogP contribution in [0.3, 0.4) is 0 Å². The Morgan fingerprint density at radius 1 is 0.951 bits per heavy atom. The molecule has 1 N–H and O–H groups in total. The second-order valence-electron chi connectivity index (χ2n) is 13.8. The Morgan fingerprint density at radius 3 is 2.59 bits per heavy atom. The van der Waals surface area contributed by atoms with E-state index in [2.05, 4.69) is 47.4 Å². The molecule has 2 saturated carbocycles. The minimum absolute atomic E-state index is 0.000340. The van der Waals surface area contributed by atoms with Gasteiger partial charge in [0.05, 0.1) is 11.0 Å². The predicted molar refractivity (Wildman–Crippen MR) is 155 cm³/mol. The van der Waals surface area contributed by atoms with Crippen molar-refractivity contribution in [2.24, 2.45) is 11.3 Å². The van der Waals surface area contributed by atoms with Crippen molar-refractivity contribution in [3.8, 4) is 11.5 Å². The Bertz CT molecular complexity index is 1570. The van der Waals surface area contributed by atoms with E-state index in [9.17, 15) is 9.90 Å². The normalized spacial score (nSPS) is 34.6. The number of rotatable bonds is 5. The first-order valence-electron chi connectivity index (χ1n) is 15.6. The van der Waals surface area contributed by atoms with E-state index in [1.54, 1.807) is 0 Å². The molecular weight excluding hydrogens is 510 g/mol. The number of benzene rings is 3. The van der Waals surface area contributed by atoms with Gasteiger partial charge in [-0.2, -0.15) is 0 Å². The van der Waals surface area contributed by atoms with Crippen LogP contribution in [-0.2, 0) is 36.1 Å². The van der Waals surface area contributed by atoms with Gasteiger partial charge in [0.15, 0.2) is 23.4 Å². The number of hydrogen-bond donors (Lipinski definition) is 1. The van der Waals surface area contributed by atoms with Crippen LogP contribution in [-0.4, -0.2) is 46.6 Å². The number of ketones is 1. The highest BCUT2D eigenvalue weighted by Crippen LogP contribution is 2.68. The highest BCUT2D eigenvalue weighted by atomic mass is 16.5. The van der Waals surface area contributed by atoms with E-state index in [0.717, 1.165) is 55.8 Å². The average molecular weight is 548 g/mol. The largest absolute Gasteiger partial charge is 0.485 e. The van der Waals surface area contributed by atoms with E-state index < -0.39 is 22.5 Å². The second-order valence-corrected chi connectivity index (χ2v) is 13.8. The lowest BCUT2D eigenvalue weighted by Gasteiger charge is -2.66. The van der Waals surface area contributed by atoms with Crippen LogP contribution in [0.15, 0.2) is 66.7 Å². The molecule has 2 bridgehead atoms. The van der Waals surface area contributed by atoms with E-state index >= 15 is 0 Å². The van der Waals surface area contributed by atoms with Crippen LogP contribution in [0.5, 0.6) is 11.5 Å². The van der Waals surface area contributed by atoms with Crippen LogP contribution >= 0.6 is 0 Å². The molecule has 6 aliphatic rings. The van der Waals surface area contributed by atoms with E-state index in [1.807, 2.05) is 24.3 Å². The molecule has 2 spiro atoms. The average Bonchev–Trinajstić information content (AvgIpc) is 3.74. The molecule has 4 aliphatic carbocycles. The van der Waals surface area contributed by atoms with Crippen LogP contribution < -0.4 is 9.47 Å². The standard InChI is InChI=1S/C36H37NO4/c38-32-33-35-16-17-37(20-23-10-11-23)29(36(35,39)22-34(32)15-14-25-8-4-5-9-27(25)19-34)18-26-12-13-28(31(41-33)30(26)35)40-21-24-6-2-1-3-7-24/h1-9,12-13,23,29,33,39H,10-11,14-22H2/t29-,33-,34-,35-,36+/m0/s1. The molecule has 5 nitrogen and oxygen atoms in total. The second kappa shape index (κ2) is 8.45. The first-order valence-corrected chi connectivity index (χ1v) is 15.6. The van der Waals surface area contributed by atoms with Crippen molar-refractivity contribution in [2.75, 3.05) is 13.1 Å². The van der Waals surface area contributed by atoms with Crippen molar-refractivity contribution in [1.82, 2.24) is 4.90 Å². The molecule has 0 amide bonds. The Morgan fingerprint density at radius 2 is 1.76 bits per heavy atom. The van der Waals surface area contributed by atoms with Gasteiger partial charge in [-0.3, -0.25) is 9.69 Å². The number of ether oxygens (including phenoxy) is 2. The Balaban J connectivity index is 1.17. The highest BCUT2D eigenvalue weighted by molar-refractivity contribution is 5.95. The van der Waals surface area contributed by atoms with Gasteiger partial charge in [-0.05, 0) is 92.1 Å². The number of carbonyl (C=O) groups is 1. The van der Waals surface area contributed by atoms with Crippen LogP contribution in [0.2, 0.25) is 0 Å². The maximum atomic E-state index is 14.8. The molecule has 2 aliphatic heterocycles. The van der Waals surface area contributed by atoms with E-state index in [0.29, 0.717) is 30.9 Å². The van der Waals surface area contributed by atoms with Crippen molar-refractivity contribution in [2.45, 2.75) is 81.1 Å². The zero-order chi connectivity index (χ0) is 27.4. The lowest BCUT2D eigenvalue weighted by Crippen LogP contribution is -2.79. The third-order valence-electron chi connectivity index (χ3n) is 11.6. The minimum Gasteiger partial charge on any atom is -0.485 e. The lowest BCUT2D eigenvalue weighted by molar-refractivity contribution is -0.211. The van der Waals surface area contributed by atoms with Crippen molar-refractivity contribution in [3.63, 3.8) is 0 Å². The molecule has 3 aromatic rings. The summed E-state index contributed by atoms with van der Waals surface area (Å²) in [4.78, 5) is 17.4. The number of aryl methyl sites for hydroxylation is 1. The molecule has 0 radical (unpaired) electrons. The molecule has 1 saturated heterocycles. The highest BCUT2D eigenvalue weighted by Gasteiger charge is 2.77. The molecule has 0 unspecified atom stereocenters. The van der Waals surface area contributed by atoms with Gasteiger partial charge in [0, 0.05) is 23.6 Å². The fraction of sp³-hybridized carbons (Fsp3) is 0.472. The molecule has 41 heavy (non-hydrogen) atoms. The number of fused-ring (bicyclic) bond motifs is 1. The predicted octanol–water partition coefficient (Wildman–Crippen LogP) is 5.18. The van der Waals surface area contributed by atoms with Gasteiger partial charge >= 0.3 is 0 Å². The van der Waals surface area contributed by atoms with Crippen molar-refractivity contribution in [3.05, 3.63) is 94.5 Å². The van der Waals surface area contributed by atoms with Gasteiger partial charge in [0.25, 0.3) is 0 Å². The molecule has 5 heteroatoms. The topological polar surface area (TPSA) is 59.0 Å². The van der Waals surface area contributed by atoms with Crippen LogP contribution in [0.4, 0.5) is 0 Å². The van der Waals surface area contributed by atoms with Crippen LogP contribution in [0.1, 0.15) is 59.9 Å². The molecule has 9 rings (SSSR count). The first kappa shape index (κ1) is 24.4. The van der Waals surface area contributed by atoms with Gasteiger partial charge in [-0.25, -0.2) is 0 Å². The van der Waals surface area contributed by atoms with Crippen LogP contribution in [0.25, 0.3) is 0 Å². The summed E-state index contributed by atoms with van der Waals surface area (Å²) in [6, 6.07) is 22.9. The summed E-state index contributed by atoms with van der Waals surface area (Å²) < 4.78 is 13.3. The van der Waals surface area contributed by atoms with E-state index in [-0.39, 0.29) is 11.8 Å². The summed E-state index contributed by atoms with van der Waals surface area (Å²) >= 11 is 0. The van der Waals surface area contributed by atoms with Gasteiger partial charge in [0.1, 0.15) is 6.61 Å². The number of likely N-dealkylation sites (tertiary alicyclic amines) is 1. The molecule has 5 atom stereocenters. The Labute approximate surface area is 241 Å². The SMILES string of the molecule is O=C1[C@@H]2Oc3c(OCc4ccccc4)ccc4c3[C@@]23CCN(CC2CC2)[C@@H](C4)[C@]3(O)C[C@@]12CCc1ccccc1C2. The number of hydrogen-bond acceptors (Lipinski definition) is 5. The zero-order valence-electron chi connectivity index (χ0n) is 23.5. The smallest absolute Gasteiger partial charge is 0.180 e. The minimum atomic E-state index is -1.03. The fourth-order valence-electron chi connectivity index (χ4n) is 9.52. The van der Waals surface area contributed by atoms with Crippen molar-refractivity contribution in [1.29, 1.82) is 0 Å².